The van der Waals surface area contributed by atoms with Gasteiger partial charge in [-0.15, -0.1) is 0 Å². The third-order valence-corrected chi connectivity index (χ3v) is 6.52. The highest BCUT2D eigenvalue weighted by atomic mass is 35.5. The number of carbonyl (C=O) groups excluding carboxylic acids is 1. The number of fused-ring (bicyclic) bond motifs is 1. The fourth-order valence-electron chi connectivity index (χ4n) is 4.48. The van der Waals surface area contributed by atoms with E-state index in [0.29, 0.717) is 60.3 Å². The van der Waals surface area contributed by atoms with Gasteiger partial charge >= 0.3 is 0 Å². The molecule has 0 spiro atoms. The number of pyridine rings is 1. The first kappa shape index (κ1) is 22.2. The van der Waals surface area contributed by atoms with Crippen molar-refractivity contribution in [3.8, 4) is 16.9 Å². The number of anilines is 1. The number of rotatable bonds is 5. The van der Waals surface area contributed by atoms with Crippen molar-refractivity contribution in [2.45, 2.75) is 19.9 Å². The van der Waals surface area contributed by atoms with Gasteiger partial charge in [0.1, 0.15) is 5.69 Å². The Bertz CT molecular complexity index is 1340. The van der Waals surface area contributed by atoms with Crippen molar-refractivity contribution in [2.75, 3.05) is 31.1 Å². The number of benzene rings is 2. The van der Waals surface area contributed by atoms with Crippen LogP contribution >= 0.6 is 11.6 Å². The zero-order chi connectivity index (χ0) is 23.7. The largest absolute Gasteiger partial charge is 0.367 e. The Morgan fingerprint density at radius 2 is 1.68 bits per heavy atom. The Morgan fingerprint density at radius 1 is 0.971 bits per heavy atom. The minimum absolute atomic E-state index is 0.105. The van der Waals surface area contributed by atoms with Crippen molar-refractivity contribution in [1.29, 1.82) is 0 Å². The molecule has 3 aliphatic rings. The Hall–Kier alpha value is -3.58. The lowest BCUT2D eigenvalue weighted by Gasteiger charge is -2.36. The highest BCUT2D eigenvalue weighted by Gasteiger charge is 2.29. The fraction of sp³-hybridized carbons (Fsp3) is 0.269. The lowest BCUT2D eigenvalue weighted by atomic mass is 10.1. The Kier molecular flexibility index (Phi) is 6.11. The first-order valence-corrected chi connectivity index (χ1v) is 11.9. The molecule has 0 saturated carbocycles. The Labute approximate surface area is 203 Å². The number of hydrogen-bond donors (Lipinski definition) is 0. The van der Waals surface area contributed by atoms with Crippen LogP contribution in [0.4, 0.5) is 5.69 Å². The predicted molar refractivity (Wildman–Crippen MR) is 134 cm³/mol. The van der Waals surface area contributed by atoms with Gasteiger partial charge in [-0.05, 0) is 30.7 Å². The van der Waals surface area contributed by atoms with Crippen molar-refractivity contribution in [3.63, 3.8) is 0 Å². The molecular weight excluding hydrogens is 450 g/mol. The zero-order valence-corrected chi connectivity index (χ0v) is 19.8. The smallest absolute Gasteiger partial charge is 0.282 e. The second-order valence-electron chi connectivity index (χ2n) is 8.46. The van der Waals surface area contributed by atoms with Gasteiger partial charge in [-0.1, -0.05) is 48.9 Å². The maximum Gasteiger partial charge on any atom is 0.282 e. The van der Waals surface area contributed by atoms with Crippen molar-refractivity contribution >= 4 is 23.2 Å². The summed E-state index contributed by atoms with van der Waals surface area (Å²) in [4.78, 5) is 30.9. The summed E-state index contributed by atoms with van der Waals surface area (Å²) in [6, 6.07) is 17.1. The normalized spacial score (nSPS) is 14.1. The maximum absolute atomic E-state index is 13.7. The number of aryl methyl sites for hydroxylation is 1. The molecule has 0 bridgehead atoms. The minimum Gasteiger partial charge on any atom is -0.367 e. The van der Waals surface area contributed by atoms with E-state index in [0.717, 1.165) is 12.1 Å². The average Bonchev–Trinajstić information content (AvgIpc) is 3.21. The second-order valence-corrected chi connectivity index (χ2v) is 8.86. The third-order valence-electron chi connectivity index (χ3n) is 6.20. The lowest BCUT2D eigenvalue weighted by Crippen LogP contribution is -2.49. The van der Waals surface area contributed by atoms with Crippen LogP contribution in [0.2, 0.25) is 5.02 Å². The van der Waals surface area contributed by atoms with Gasteiger partial charge in [-0.3, -0.25) is 9.59 Å². The van der Waals surface area contributed by atoms with Crippen LogP contribution in [0.3, 0.4) is 0 Å². The van der Waals surface area contributed by atoms with Crippen molar-refractivity contribution in [1.82, 2.24) is 19.2 Å². The molecule has 8 heteroatoms. The van der Waals surface area contributed by atoms with Gasteiger partial charge < -0.3 is 14.4 Å². The Morgan fingerprint density at radius 3 is 2.38 bits per heavy atom. The number of hydrogen-bond acceptors (Lipinski definition) is 4. The second kappa shape index (κ2) is 9.35. The van der Waals surface area contributed by atoms with Crippen LogP contribution in [-0.4, -0.2) is 51.3 Å². The summed E-state index contributed by atoms with van der Waals surface area (Å²) in [6.07, 6.45) is 4.53. The summed E-state index contributed by atoms with van der Waals surface area (Å²) in [5.74, 6) is -0.105. The number of para-hydroxylation sites is 2. The number of amides is 1. The van der Waals surface area contributed by atoms with E-state index in [1.54, 1.807) is 6.20 Å². The number of carbonyl (C=O) groups is 1. The molecule has 3 aliphatic heterocycles. The van der Waals surface area contributed by atoms with E-state index in [9.17, 15) is 9.59 Å². The van der Waals surface area contributed by atoms with E-state index in [4.69, 9.17) is 11.6 Å². The monoisotopic (exact) mass is 475 g/mol. The first-order chi connectivity index (χ1) is 16.6. The summed E-state index contributed by atoms with van der Waals surface area (Å²) in [5.41, 5.74) is 2.81. The maximum atomic E-state index is 13.7. The van der Waals surface area contributed by atoms with Crippen LogP contribution < -0.4 is 10.5 Å². The molecule has 0 N–H and O–H groups in total. The summed E-state index contributed by atoms with van der Waals surface area (Å²) in [6.45, 7) is 5.29. The van der Waals surface area contributed by atoms with E-state index in [2.05, 4.69) is 16.9 Å². The van der Waals surface area contributed by atoms with Gasteiger partial charge in [-0.25, -0.2) is 0 Å². The van der Waals surface area contributed by atoms with Gasteiger partial charge in [0.2, 0.25) is 0 Å². The molecular formula is C26H26ClN5O2. The molecule has 0 radical (unpaired) electrons. The number of nitrogens with zero attached hydrogens (tertiary/aromatic N) is 5. The molecule has 2 aromatic rings. The van der Waals surface area contributed by atoms with Crippen LogP contribution in [-0.2, 0) is 6.54 Å². The molecule has 7 nitrogen and oxygen atoms in total. The molecule has 0 unspecified atom stereocenters. The van der Waals surface area contributed by atoms with Crippen molar-refractivity contribution in [3.05, 3.63) is 87.9 Å². The lowest BCUT2D eigenvalue weighted by molar-refractivity contribution is 0.0746. The van der Waals surface area contributed by atoms with Gasteiger partial charge in [0.05, 0.1) is 27.5 Å². The van der Waals surface area contributed by atoms with Gasteiger partial charge in [0, 0.05) is 45.1 Å². The van der Waals surface area contributed by atoms with Gasteiger partial charge in [0.25, 0.3) is 11.5 Å². The highest BCUT2D eigenvalue weighted by Crippen LogP contribution is 2.28. The molecule has 2 aromatic carbocycles. The standard InChI is InChI=1S/C26H26ClN5O2/c1-2-12-29-17-20(24-21(18-29)26(34)32(28-24)19-8-4-3-5-9-19)25(33)31-15-13-30(14-16-31)23-11-7-6-10-22(23)27/h3-11,17-18H,2,12-16H2,1H3. The van der Waals surface area contributed by atoms with E-state index in [-0.39, 0.29) is 11.5 Å². The topological polar surface area (TPSA) is 63.4 Å². The summed E-state index contributed by atoms with van der Waals surface area (Å²) in [5, 5.41) is 5.30. The predicted octanol–water partition coefficient (Wildman–Crippen LogP) is 4.16. The SMILES string of the molecule is CCCn1cc(C(=O)N2CCN(c3ccccc3Cl)CC2)c2nn(-c3ccccc3)c(=O)c-2c1. The highest BCUT2D eigenvalue weighted by molar-refractivity contribution is 6.33. The fourth-order valence-corrected chi connectivity index (χ4v) is 4.73. The molecule has 174 valence electrons. The number of halogens is 1. The van der Waals surface area contributed by atoms with Crippen LogP contribution in [0.25, 0.3) is 16.9 Å². The number of piperazine rings is 1. The van der Waals surface area contributed by atoms with Crippen LogP contribution in [0.5, 0.6) is 0 Å². The molecule has 0 atom stereocenters. The molecule has 5 rings (SSSR count). The van der Waals surface area contributed by atoms with Gasteiger partial charge in [-0.2, -0.15) is 9.78 Å². The Balaban J connectivity index is 1.47. The third kappa shape index (κ3) is 4.07. The molecule has 0 aliphatic carbocycles. The van der Waals surface area contributed by atoms with E-state index >= 15 is 0 Å². The van der Waals surface area contributed by atoms with E-state index < -0.39 is 0 Å². The van der Waals surface area contributed by atoms with Crippen molar-refractivity contribution < 1.29 is 4.79 Å². The minimum atomic E-state index is -0.218. The first-order valence-electron chi connectivity index (χ1n) is 11.5. The van der Waals surface area contributed by atoms with Crippen LogP contribution in [0, 0.1) is 0 Å². The molecule has 1 saturated heterocycles. The molecule has 1 fully saturated rings. The van der Waals surface area contributed by atoms with Crippen molar-refractivity contribution in [2.24, 2.45) is 0 Å². The quantitative estimate of drug-likeness (QED) is 0.434. The summed E-state index contributed by atoms with van der Waals surface area (Å²) >= 11 is 6.37. The van der Waals surface area contributed by atoms with Crippen LogP contribution in [0.1, 0.15) is 23.7 Å². The summed E-state index contributed by atoms with van der Waals surface area (Å²) < 4.78 is 3.31. The summed E-state index contributed by atoms with van der Waals surface area (Å²) in [7, 11) is 0. The molecule has 34 heavy (non-hydrogen) atoms. The zero-order valence-electron chi connectivity index (χ0n) is 19.0. The van der Waals surface area contributed by atoms with Crippen LogP contribution in [0.15, 0.2) is 71.8 Å². The molecule has 1 amide bonds. The number of aromatic nitrogens is 3. The average molecular weight is 476 g/mol. The van der Waals surface area contributed by atoms with E-state index in [1.165, 1.54) is 4.68 Å². The van der Waals surface area contributed by atoms with E-state index in [1.807, 2.05) is 70.3 Å². The molecule has 0 aromatic heterocycles. The molecule has 3 heterocycles. The van der Waals surface area contributed by atoms with Gasteiger partial charge in [0.15, 0.2) is 0 Å².